The molecule has 3 atom stereocenters. The van der Waals surface area contributed by atoms with Crippen LogP contribution in [0.15, 0.2) is 0 Å². The van der Waals surface area contributed by atoms with E-state index in [0.717, 1.165) is 6.54 Å². The molecule has 14 heavy (non-hydrogen) atoms. The summed E-state index contributed by atoms with van der Waals surface area (Å²) in [6, 6.07) is 1.47. The van der Waals surface area contributed by atoms with Gasteiger partial charge in [-0.15, -0.1) is 0 Å². The molecule has 1 saturated heterocycles. The fraction of sp³-hybridized carbons (Fsp3) is 1.00. The Hall–Kier alpha value is -0.120. The predicted molar refractivity (Wildman–Crippen MR) is 59.3 cm³/mol. The normalized spacial score (nSPS) is 31.3. The van der Waals surface area contributed by atoms with Crippen LogP contribution < -0.4 is 5.32 Å². The van der Waals surface area contributed by atoms with Gasteiger partial charge in [0, 0.05) is 24.7 Å². The maximum absolute atomic E-state index is 9.21. The van der Waals surface area contributed by atoms with Crippen molar-refractivity contribution in [2.45, 2.75) is 45.3 Å². The second-order valence-electron chi connectivity index (χ2n) is 4.92. The highest BCUT2D eigenvalue weighted by atomic mass is 16.3. The van der Waals surface area contributed by atoms with Gasteiger partial charge in [0.15, 0.2) is 0 Å². The molecule has 0 spiro atoms. The molecule has 0 radical (unpaired) electrons. The van der Waals surface area contributed by atoms with Gasteiger partial charge in [-0.3, -0.25) is 0 Å². The molecule has 1 fully saturated rings. The maximum Gasteiger partial charge on any atom is 0.0587 e. The monoisotopic (exact) mass is 200 g/mol. The molecule has 1 aliphatic heterocycles. The number of rotatable bonds is 4. The molecule has 0 saturated carbocycles. The number of aliphatic hydroxyl groups is 1. The lowest BCUT2D eigenvalue weighted by atomic mass is 10.0. The Morgan fingerprint density at radius 1 is 1.50 bits per heavy atom. The van der Waals surface area contributed by atoms with Crippen LogP contribution in [0.3, 0.4) is 0 Å². The van der Waals surface area contributed by atoms with Gasteiger partial charge in [-0.05, 0) is 26.3 Å². The average Bonchev–Trinajstić information content (AvgIpc) is 2.41. The third-order valence-electron chi connectivity index (χ3n) is 3.34. The van der Waals surface area contributed by atoms with E-state index in [1.807, 2.05) is 0 Å². The summed E-state index contributed by atoms with van der Waals surface area (Å²) in [5.74, 6) is 0.501. The molecule has 3 nitrogen and oxygen atoms in total. The Morgan fingerprint density at radius 3 is 2.50 bits per heavy atom. The predicted octanol–water partition coefficient (Wildman–Crippen LogP) is 0.685. The van der Waals surface area contributed by atoms with Gasteiger partial charge in [-0.2, -0.15) is 0 Å². The highest BCUT2D eigenvalue weighted by Crippen LogP contribution is 2.16. The zero-order valence-electron chi connectivity index (χ0n) is 9.83. The minimum atomic E-state index is 0.242. The molecule has 0 aromatic rings. The lowest BCUT2D eigenvalue weighted by molar-refractivity contribution is 0.199. The Labute approximate surface area is 87.5 Å². The summed E-state index contributed by atoms with van der Waals surface area (Å²) in [5, 5.41) is 12.7. The minimum Gasteiger partial charge on any atom is -0.395 e. The van der Waals surface area contributed by atoms with Crippen LogP contribution in [0.4, 0.5) is 0 Å². The zero-order valence-corrected chi connectivity index (χ0v) is 9.83. The summed E-state index contributed by atoms with van der Waals surface area (Å²) >= 11 is 0. The zero-order chi connectivity index (χ0) is 10.7. The van der Waals surface area contributed by atoms with Gasteiger partial charge in [-0.1, -0.05) is 13.8 Å². The summed E-state index contributed by atoms with van der Waals surface area (Å²) in [6.07, 6.45) is 1.19. The molecular weight excluding hydrogens is 176 g/mol. The van der Waals surface area contributed by atoms with Crippen LogP contribution in [0.5, 0.6) is 0 Å². The Morgan fingerprint density at radius 2 is 2.14 bits per heavy atom. The molecule has 1 aliphatic rings. The third-order valence-corrected chi connectivity index (χ3v) is 3.34. The maximum atomic E-state index is 9.21. The first-order chi connectivity index (χ1) is 6.54. The second kappa shape index (κ2) is 5.10. The van der Waals surface area contributed by atoms with Crippen LogP contribution >= 0.6 is 0 Å². The third kappa shape index (κ3) is 2.94. The number of hydrogen-bond donors (Lipinski definition) is 2. The van der Waals surface area contributed by atoms with E-state index in [1.54, 1.807) is 0 Å². The van der Waals surface area contributed by atoms with E-state index in [2.05, 4.69) is 38.0 Å². The van der Waals surface area contributed by atoms with Gasteiger partial charge in [0.25, 0.3) is 0 Å². The summed E-state index contributed by atoms with van der Waals surface area (Å²) in [4.78, 5) is 2.37. The minimum absolute atomic E-state index is 0.242. The van der Waals surface area contributed by atoms with Gasteiger partial charge in [0.1, 0.15) is 0 Å². The first-order valence-electron chi connectivity index (χ1n) is 5.61. The molecule has 0 aromatic heterocycles. The van der Waals surface area contributed by atoms with Crippen LogP contribution in [0.2, 0.25) is 0 Å². The van der Waals surface area contributed by atoms with Gasteiger partial charge in [0.2, 0.25) is 0 Å². The average molecular weight is 200 g/mol. The fourth-order valence-electron chi connectivity index (χ4n) is 2.07. The molecule has 3 heteroatoms. The lowest BCUT2D eigenvalue weighted by Gasteiger charge is -2.24. The number of nitrogens with zero attached hydrogens (tertiary/aromatic N) is 1. The molecule has 2 N–H and O–H groups in total. The lowest BCUT2D eigenvalue weighted by Crippen LogP contribution is -2.44. The van der Waals surface area contributed by atoms with Crippen molar-refractivity contribution in [2.24, 2.45) is 5.92 Å². The van der Waals surface area contributed by atoms with Crippen molar-refractivity contribution in [2.75, 3.05) is 20.2 Å². The molecule has 84 valence electrons. The van der Waals surface area contributed by atoms with Crippen molar-refractivity contribution < 1.29 is 5.11 Å². The van der Waals surface area contributed by atoms with Crippen LogP contribution in [-0.4, -0.2) is 48.3 Å². The fourth-order valence-corrected chi connectivity index (χ4v) is 2.07. The van der Waals surface area contributed by atoms with Gasteiger partial charge in [-0.25, -0.2) is 0 Å². The SMILES string of the molecule is CC(C)C(CO)NC1CC(C)N(C)C1. The van der Waals surface area contributed by atoms with Crippen LogP contribution in [0.25, 0.3) is 0 Å². The van der Waals surface area contributed by atoms with Gasteiger partial charge < -0.3 is 15.3 Å². The highest BCUT2D eigenvalue weighted by molar-refractivity contribution is 4.87. The smallest absolute Gasteiger partial charge is 0.0587 e. The van der Waals surface area contributed by atoms with Crippen molar-refractivity contribution in [1.82, 2.24) is 10.2 Å². The van der Waals surface area contributed by atoms with E-state index in [-0.39, 0.29) is 12.6 Å². The Kier molecular flexibility index (Phi) is 4.35. The number of hydrogen-bond acceptors (Lipinski definition) is 3. The molecule has 1 rings (SSSR count). The molecular formula is C11H24N2O. The van der Waals surface area contributed by atoms with E-state index in [9.17, 15) is 5.11 Å². The molecule has 1 heterocycles. The second-order valence-corrected chi connectivity index (χ2v) is 4.92. The van der Waals surface area contributed by atoms with E-state index >= 15 is 0 Å². The van der Waals surface area contributed by atoms with Crippen molar-refractivity contribution in [1.29, 1.82) is 0 Å². The quantitative estimate of drug-likeness (QED) is 0.701. The summed E-state index contributed by atoms with van der Waals surface area (Å²) in [5.41, 5.74) is 0. The molecule has 0 aliphatic carbocycles. The summed E-state index contributed by atoms with van der Waals surface area (Å²) in [6.45, 7) is 7.90. The van der Waals surface area contributed by atoms with Crippen molar-refractivity contribution in [3.05, 3.63) is 0 Å². The topological polar surface area (TPSA) is 35.5 Å². The number of likely N-dealkylation sites (N-methyl/N-ethyl adjacent to an activating group) is 1. The summed E-state index contributed by atoms with van der Waals surface area (Å²) < 4.78 is 0. The Bertz CT molecular complexity index is 163. The number of aliphatic hydroxyl groups excluding tert-OH is 1. The van der Waals surface area contributed by atoms with Crippen LogP contribution in [0.1, 0.15) is 27.2 Å². The number of nitrogens with one attached hydrogen (secondary N) is 1. The van der Waals surface area contributed by atoms with Gasteiger partial charge in [0.05, 0.1) is 6.61 Å². The number of likely N-dealkylation sites (tertiary alicyclic amines) is 1. The standard InChI is InChI=1S/C11H24N2O/c1-8(2)11(7-14)12-10-5-9(3)13(4)6-10/h8-12,14H,5-7H2,1-4H3. The van der Waals surface area contributed by atoms with Gasteiger partial charge >= 0.3 is 0 Å². The van der Waals surface area contributed by atoms with Crippen LogP contribution in [0, 0.1) is 5.92 Å². The van der Waals surface area contributed by atoms with E-state index in [1.165, 1.54) is 6.42 Å². The first-order valence-corrected chi connectivity index (χ1v) is 5.61. The van der Waals surface area contributed by atoms with Crippen molar-refractivity contribution >= 4 is 0 Å². The molecule has 0 aromatic carbocycles. The van der Waals surface area contributed by atoms with Crippen LogP contribution in [-0.2, 0) is 0 Å². The molecule has 3 unspecified atom stereocenters. The molecule has 0 bridgehead atoms. The van der Waals surface area contributed by atoms with Crippen molar-refractivity contribution in [3.63, 3.8) is 0 Å². The summed E-state index contributed by atoms with van der Waals surface area (Å²) in [7, 11) is 2.16. The van der Waals surface area contributed by atoms with Crippen molar-refractivity contribution in [3.8, 4) is 0 Å². The highest BCUT2D eigenvalue weighted by Gasteiger charge is 2.28. The largest absolute Gasteiger partial charge is 0.395 e. The van der Waals surface area contributed by atoms with E-state index < -0.39 is 0 Å². The van der Waals surface area contributed by atoms with E-state index in [4.69, 9.17) is 0 Å². The first kappa shape index (κ1) is 12.0. The molecule has 0 amide bonds. The van der Waals surface area contributed by atoms with E-state index in [0.29, 0.717) is 18.0 Å². The Balaban J connectivity index is 2.37.